The van der Waals surface area contributed by atoms with E-state index in [9.17, 15) is 4.79 Å². The summed E-state index contributed by atoms with van der Waals surface area (Å²) < 4.78 is 0. The van der Waals surface area contributed by atoms with Crippen LogP contribution in [0.1, 0.15) is 17.3 Å². The lowest BCUT2D eigenvalue weighted by Gasteiger charge is -2.00. The zero-order valence-corrected chi connectivity index (χ0v) is 9.81. The Morgan fingerprint density at radius 1 is 1.47 bits per heavy atom. The van der Waals surface area contributed by atoms with Gasteiger partial charge in [-0.05, 0) is 12.5 Å². The standard InChI is InChI=1S/C10H10N4O2S/c1-5-2-12-8(13-3-5)9-14-6(4-17-9)7(11)10(15)16/h2-4,7H,11H2,1H3,(H,15,16). The van der Waals surface area contributed by atoms with E-state index in [1.165, 1.54) is 11.3 Å². The number of rotatable bonds is 3. The number of thiazole rings is 1. The van der Waals surface area contributed by atoms with Gasteiger partial charge in [-0.25, -0.2) is 15.0 Å². The maximum atomic E-state index is 10.7. The van der Waals surface area contributed by atoms with Crippen LogP contribution in [0, 0.1) is 6.92 Å². The number of carboxylic acid groups (broad SMARTS) is 1. The van der Waals surface area contributed by atoms with E-state index in [4.69, 9.17) is 10.8 Å². The molecule has 0 amide bonds. The topological polar surface area (TPSA) is 102 Å². The number of aliphatic carboxylic acids is 1. The van der Waals surface area contributed by atoms with Crippen LogP contribution in [0.15, 0.2) is 17.8 Å². The second kappa shape index (κ2) is 4.56. The lowest BCUT2D eigenvalue weighted by Crippen LogP contribution is -2.20. The summed E-state index contributed by atoms with van der Waals surface area (Å²) in [6, 6.07) is -1.11. The molecule has 17 heavy (non-hydrogen) atoms. The summed E-state index contributed by atoms with van der Waals surface area (Å²) >= 11 is 1.27. The third-order valence-electron chi connectivity index (χ3n) is 2.08. The van der Waals surface area contributed by atoms with Crippen molar-refractivity contribution in [3.63, 3.8) is 0 Å². The lowest BCUT2D eigenvalue weighted by atomic mass is 10.2. The molecule has 6 nitrogen and oxygen atoms in total. The van der Waals surface area contributed by atoms with Crippen LogP contribution >= 0.6 is 11.3 Å². The van der Waals surface area contributed by atoms with E-state index in [0.29, 0.717) is 16.5 Å². The van der Waals surface area contributed by atoms with E-state index >= 15 is 0 Å². The largest absolute Gasteiger partial charge is 0.480 e. The zero-order valence-electron chi connectivity index (χ0n) is 8.99. The van der Waals surface area contributed by atoms with E-state index in [0.717, 1.165) is 5.56 Å². The molecule has 0 spiro atoms. The first-order valence-electron chi connectivity index (χ1n) is 4.81. The molecule has 2 aromatic rings. The van der Waals surface area contributed by atoms with Crippen LogP contribution in [-0.2, 0) is 4.79 Å². The Balaban J connectivity index is 2.29. The molecular formula is C10H10N4O2S. The summed E-state index contributed by atoms with van der Waals surface area (Å²) in [5.74, 6) is -0.629. The van der Waals surface area contributed by atoms with Crippen LogP contribution in [0.25, 0.3) is 10.8 Å². The van der Waals surface area contributed by atoms with E-state index < -0.39 is 12.0 Å². The molecule has 1 unspecified atom stereocenters. The van der Waals surface area contributed by atoms with Gasteiger partial charge in [0.25, 0.3) is 0 Å². The van der Waals surface area contributed by atoms with E-state index in [1.807, 2.05) is 6.92 Å². The van der Waals surface area contributed by atoms with Crippen molar-refractivity contribution in [2.45, 2.75) is 13.0 Å². The molecule has 0 radical (unpaired) electrons. The molecule has 7 heteroatoms. The predicted octanol–water partition coefficient (Wildman–Crippen LogP) is 0.993. The Morgan fingerprint density at radius 2 is 2.12 bits per heavy atom. The maximum Gasteiger partial charge on any atom is 0.326 e. The van der Waals surface area contributed by atoms with E-state index in [-0.39, 0.29) is 0 Å². The molecule has 0 aliphatic heterocycles. The van der Waals surface area contributed by atoms with Gasteiger partial charge >= 0.3 is 5.97 Å². The maximum absolute atomic E-state index is 10.7. The molecule has 0 aliphatic carbocycles. The summed E-state index contributed by atoms with van der Waals surface area (Å²) in [5.41, 5.74) is 6.73. The summed E-state index contributed by atoms with van der Waals surface area (Å²) in [5, 5.41) is 10.9. The second-order valence-corrected chi connectivity index (χ2v) is 4.34. The van der Waals surface area contributed by atoms with Crippen LogP contribution in [0.5, 0.6) is 0 Å². The number of hydrogen-bond acceptors (Lipinski definition) is 6. The van der Waals surface area contributed by atoms with Gasteiger partial charge in [0.2, 0.25) is 0 Å². The van der Waals surface area contributed by atoms with Gasteiger partial charge < -0.3 is 10.8 Å². The number of carboxylic acids is 1. The summed E-state index contributed by atoms with van der Waals surface area (Å²) in [6.45, 7) is 1.89. The van der Waals surface area contributed by atoms with Crippen molar-refractivity contribution in [1.29, 1.82) is 0 Å². The second-order valence-electron chi connectivity index (χ2n) is 3.48. The number of carbonyl (C=O) groups is 1. The Labute approximate surface area is 101 Å². The highest BCUT2D eigenvalue weighted by Crippen LogP contribution is 2.22. The normalized spacial score (nSPS) is 12.4. The number of hydrogen-bond donors (Lipinski definition) is 2. The van der Waals surface area contributed by atoms with Crippen LogP contribution in [0.3, 0.4) is 0 Å². The fraction of sp³-hybridized carbons (Fsp3) is 0.200. The molecule has 1 atom stereocenters. The minimum atomic E-state index is -1.11. The van der Waals surface area contributed by atoms with Crippen molar-refractivity contribution < 1.29 is 9.90 Å². The molecule has 88 valence electrons. The highest BCUT2D eigenvalue weighted by Gasteiger charge is 2.18. The summed E-state index contributed by atoms with van der Waals surface area (Å²) in [4.78, 5) is 23.0. The quantitative estimate of drug-likeness (QED) is 0.842. The van der Waals surface area contributed by atoms with Gasteiger partial charge in [-0.15, -0.1) is 11.3 Å². The lowest BCUT2D eigenvalue weighted by molar-refractivity contribution is -0.138. The van der Waals surface area contributed by atoms with Gasteiger partial charge in [-0.1, -0.05) is 0 Å². The minimum Gasteiger partial charge on any atom is -0.480 e. The molecule has 0 saturated heterocycles. The number of nitrogens with two attached hydrogens (primary N) is 1. The Kier molecular flexibility index (Phi) is 3.12. The van der Waals surface area contributed by atoms with E-state index in [2.05, 4.69) is 15.0 Å². The average Bonchev–Trinajstić information content (AvgIpc) is 2.78. The van der Waals surface area contributed by atoms with Crippen molar-refractivity contribution in [2.24, 2.45) is 5.73 Å². The van der Waals surface area contributed by atoms with Gasteiger partial charge in [0.05, 0.1) is 5.69 Å². The SMILES string of the molecule is Cc1cnc(-c2nc(C(N)C(=O)O)cs2)nc1. The number of nitrogens with zero attached hydrogens (tertiary/aromatic N) is 3. The monoisotopic (exact) mass is 250 g/mol. The fourth-order valence-corrected chi connectivity index (χ4v) is 1.96. The van der Waals surface area contributed by atoms with E-state index in [1.54, 1.807) is 17.8 Å². The summed E-state index contributed by atoms with van der Waals surface area (Å²) in [6.07, 6.45) is 3.36. The number of aryl methyl sites for hydroxylation is 1. The fourth-order valence-electron chi connectivity index (χ4n) is 1.16. The first-order chi connectivity index (χ1) is 8.08. The Morgan fingerprint density at radius 3 is 2.71 bits per heavy atom. The van der Waals surface area contributed by atoms with Crippen LogP contribution in [0.4, 0.5) is 0 Å². The number of aromatic nitrogens is 3. The first kappa shape index (κ1) is 11.6. The van der Waals surface area contributed by atoms with Crippen molar-refractivity contribution in [2.75, 3.05) is 0 Å². The van der Waals surface area contributed by atoms with Crippen LogP contribution in [-0.4, -0.2) is 26.0 Å². The highest BCUT2D eigenvalue weighted by molar-refractivity contribution is 7.13. The molecule has 0 aromatic carbocycles. The summed E-state index contributed by atoms with van der Waals surface area (Å²) in [7, 11) is 0. The average molecular weight is 250 g/mol. The van der Waals surface area contributed by atoms with Gasteiger partial charge in [-0.2, -0.15) is 0 Å². The van der Waals surface area contributed by atoms with Crippen molar-refractivity contribution in [1.82, 2.24) is 15.0 Å². The third-order valence-corrected chi connectivity index (χ3v) is 2.94. The van der Waals surface area contributed by atoms with Crippen LogP contribution in [0.2, 0.25) is 0 Å². The molecule has 0 saturated carbocycles. The van der Waals surface area contributed by atoms with Gasteiger partial charge in [-0.3, -0.25) is 4.79 Å². The Bertz CT molecular complexity index is 537. The predicted molar refractivity (Wildman–Crippen MR) is 62.4 cm³/mol. The highest BCUT2D eigenvalue weighted by atomic mass is 32.1. The molecule has 0 fully saturated rings. The molecule has 2 aromatic heterocycles. The molecule has 3 N–H and O–H groups in total. The Hall–Kier alpha value is -1.86. The molecule has 0 bridgehead atoms. The van der Waals surface area contributed by atoms with Crippen molar-refractivity contribution in [3.8, 4) is 10.8 Å². The van der Waals surface area contributed by atoms with Crippen LogP contribution < -0.4 is 5.73 Å². The van der Waals surface area contributed by atoms with Gasteiger partial charge in [0, 0.05) is 17.8 Å². The molecule has 2 heterocycles. The van der Waals surface area contributed by atoms with Crippen molar-refractivity contribution >= 4 is 17.3 Å². The van der Waals surface area contributed by atoms with Crippen molar-refractivity contribution in [3.05, 3.63) is 29.0 Å². The molecular weight excluding hydrogens is 240 g/mol. The smallest absolute Gasteiger partial charge is 0.326 e. The van der Waals surface area contributed by atoms with Gasteiger partial charge in [0.1, 0.15) is 6.04 Å². The zero-order chi connectivity index (χ0) is 12.4. The molecule has 2 rings (SSSR count). The van der Waals surface area contributed by atoms with Gasteiger partial charge in [0.15, 0.2) is 10.8 Å². The molecule has 0 aliphatic rings. The minimum absolute atomic E-state index is 0.321. The third kappa shape index (κ3) is 2.45. The first-order valence-corrected chi connectivity index (χ1v) is 5.68.